The second kappa shape index (κ2) is 3.17. The number of carbonyl (C=O) groups excluding carboxylic acids is 1. The monoisotopic (exact) mass is 146 g/mol. The van der Waals surface area contributed by atoms with Gasteiger partial charge in [0.2, 0.25) is 6.41 Å². The maximum atomic E-state index is 10.2. The van der Waals surface area contributed by atoms with E-state index in [-0.39, 0.29) is 6.54 Å². The van der Waals surface area contributed by atoms with Crippen molar-refractivity contribution in [3.8, 4) is 0 Å². The molecule has 0 aromatic heterocycles. The number of carbonyl (C=O) groups is 2. The van der Waals surface area contributed by atoms with Crippen molar-refractivity contribution >= 4 is 12.4 Å². The number of carboxylic acid groups (broad SMARTS) is 1. The molecule has 1 amide bonds. The molecule has 0 spiro atoms. The Balaban J connectivity index is 3.86. The van der Waals surface area contributed by atoms with Crippen molar-refractivity contribution in [2.45, 2.75) is 12.5 Å². The van der Waals surface area contributed by atoms with E-state index in [0.29, 0.717) is 6.41 Å². The summed E-state index contributed by atoms with van der Waals surface area (Å²) in [5.41, 5.74) is 3.85. The second-order valence-electron chi connectivity index (χ2n) is 2.22. The number of amides is 1. The number of nitrogens with one attached hydrogen (secondary N) is 1. The molecule has 0 fully saturated rings. The van der Waals surface area contributed by atoms with Crippen molar-refractivity contribution in [2.24, 2.45) is 5.73 Å². The number of nitrogens with two attached hydrogens (primary N) is 1. The van der Waals surface area contributed by atoms with Crippen LogP contribution in [0.5, 0.6) is 0 Å². The summed E-state index contributed by atoms with van der Waals surface area (Å²) in [5.74, 6) is -1.14. The fourth-order valence-corrected chi connectivity index (χ4v) is 0.329. The van der Waals surface area contributed by atoms with Gasteiger partial charge < -0.3 is 16.2 Å². The van der Waals surface area contributed by atoms with Crippen LogP contribution >= 0.6 is 0 Å². The highest BCUT2D eigenvalue weighted by Gasteiger charge is 2.26. The van der Waals surface area contributed by atoms with Gasteiger partial charge in [-0.25, -0.2) is 0 Å². The van der Waals surface area contributed by atoms with Crippen LogP contribution in [0, 0.1) is 0 Å². The van der Waals surface area contributed by atoms with E-state index in [1.165, 1.54) is 6.92 Å². The first-order valence-corrected chi connectivity index (χ1v) is 2.70. The zero-order valence-electron chi connectivity index (χ0n) is 5.63. The highest BCUT2D eigenvalue weighted by Crippen LogP contribution is 1.94. The average Bonchev–Trinajstić information content (AvgIpc) is 1.84. The molecule has 0 saturated carbocycles. The lowest BCUT2D eigenvalue weighted by atomic mass is 10.1. The Morgan fingerprint density at radius 2 is 2.40 bits per heavy atom. The lowest BCUT2D eigenvalue weighted by molar-refractivity contribution is -0.142. The van der Waals surface area contributed by atoms with E-state index in [2.05, 4.69) is 5.32 Å². The van der Waals surface area contributed by atoms with Gasteiger partial charge in [0, 0.05) is 6.54 Å². The van der Waals surface area contributed by atoms with Crippen molar-refractivity contribution in [3.05, 3.63) is 0 Å². The van der Waals surface area contributed by atoms with Crippen molar-refractivity contribution < 1.29 is 14.7 Å². The minimum absolute atomic E-state index is 0.0637. The molecule has 0 aliphatic heterocycles. The Labute approximate surface area is 58.2 Å². The fourth-order valence-electron chi connectivity index (χ4n) is 0.329. The summed E-state index contributed by atoms with van der Waals surface area (Å²) in [7, 11) is 0. The van der Waals surface area contributed by atoms with Crippen molar-refractivity contribution in [1.82, 2.24) is 5.32 Å². The van der Waals surface area contributed by atoms with Crippen LogP contribution in [0.15, 0.2) is 0 Å². The standard InChI is InChI=1S/C5H10N2O3/c1-5(6,4(9)10)2-7-3-8/h3H,2,6H2,1H3,(H,7,8)(H,9,10). The average molecular weight is 146 g/mol. The molecule has 0 aromatic rings. The molecule has 4 N–H and O–H groups in total. The molecular weight excluding hydrogens is 136 g/mol. The SMILES string of the molecule is CC(N)(CNC=O)C(=O)O. The largest absolute Gasteiger partial charge is 0.480 e. The van der Waals surface area contributed by atoms with Gasteiger partial charge in [-0.15, -0.1) is 0 Å². The summed E-state index contributed by atoms with van der Waals surface area (Å²) in [4.78, 5) is 20.0. The topological polar surface area (TPSA) is 92.4 Å². The van der Waals surface area contributed by atoms with Gasteiger partial charge >= 0.3 is 5.97 Å². The first-order chi connectivity index (χ1) is 4.50. The van der Waals surface area contributed by atoms with Crippen molar-refractivity contribution in [2.75, 3.05) is 6.54 Å². The van der Waals surface area contributed by atoms with Gasteiger partial charge in [-0.3, -0.25) is 9.59 Å². The normalized spacial score (nSPS) is 15.4. The fraction of sp³-hybridized carbons (Fsp3) is 0.600. The number of hydrogen-bond acceptors (Lipinski definition) is 3. The molecule has 0 rings (SSSR count). The lowest BCUT2D eigenvalue weighted by Gasteiger charge is -2.17. The first kappa shape index (κ1) is 8.90. The van der Waals surface area contributed by atoms with E-state index in [4.69, 9.17) is 10.8 Å². The maximum Gasteiger partial charge on any atom is 0.325 e. The zero-order chi connectivity index (χ0) is 8.20. The van der Waals surface area contributed by atoms with Gasteiger partial charge in [-0.05, 0) is 6.92 Å². The zero-order valence-corrected chi connectivity index (χ0v) is 5.63. The summed E-state index contributed by atoms with van der Waals surface area (Å²) in [6, 6.07) is 0. The number of carboxylic acids is 1. The Hall–Kier alpha value is -1.10. The Kier molecular flexibility index (Phi) is 2.82. The molecular formula is C5H10N2O3. The van der Waals surface area contributed by atoms with Crippen molar-refractivity contribution in [1.29, 1.82) is 0 Å². The molecule has 0 aliphatic rings. The molecule has 0 aliphatic carbocycles. The van der Waals surface area contributed by atoms with E-state index >= 15 is 0 Å². The van der Waals surface area contributed by atoms with Gasteiger partial charge in [0.25, 0.3) is 0 Å². The van der Waals surface area contributed by atoms with Gasteiger partial charge in [-0.2, -0.15) is 0 Å². The molecule has 0 saturated heterocycles. The third-order valence-electron chi connectivity index (χ3n) is 1.04. The molecule has 1 unspecified atom stereocenters. The van der Waals surface area contributed by atoms with Crippen LogP contribution in [0.2, 0.25) is 0 Å². The van der Waals surface area contributed by atoms with Gasteiger partial charge in [0.05, 0.1) is 0 Å². The van der Waals surface area contributed by atoms with Crippen LogP contribution in [0.3, 0.4) is 0 Å². The highest BCUT2D eigenvalue weighted by atomic mass is 16.4. The summed E-state index contributed by atoms with van der Waals surface area (Å²) < 4.78 is 0. The molecule has 0 radical (unpaired) electrons. The van der Waals surface area contributed by atoms with E-state index < -0.39 is 11.5 Å². The van der Waals surface area contributed by atoms with Crippen LogP contribution in [0.1, 0.15) is 6.92 Å². The number of aliphatic carboxylic acids is 1. The highest BCUT2D eigenvalue weighted by molar-refractivity contribution is 5.78. The first-order valence-electron chi connectivity index (χ1n) is 2.70. The molecule has 10 heavy (non-hydrogen) atoms. The predicted octanol–water partition coefficient (Wildman–Crippen LogP) is -1.47. The van der Waals surface area contributed by atoms with E-state index in [1.54, 1.807) is 0 Å². The maximum absolute atomic E-state index is 10.2. The summed E-state index contributed by atoms with van der Waals surface area (Å²) in [6.45, 7) is 1.26. The van der Waals surface area contributed by atoms with Crippen molar-refractivity contribution in [3.63, 3.8) is 0 Å². The molecule has 58 valence electrons. The van der Waals surface area contributed by atoms with Crippen LogP contribution < -0.4 is 11.1 Å². The Morgan fingerprint density at radius 3 is 2.70 bits per heavy atom. The van der Waals surface area contributed by atoms with Gasteiger partial charge in [-0.1, -0.05) is 0 Å². The van der Waals surface area contributed by atoms with Crippen LogP contribution in [-0.2, 0) is 9.59 Å². The van der Waals surface area contributed by atoms with Crippen LogP contribution in [0.4, 0.5) is 0 Å². The van der Waals surface area contributed by atoms with E-state index in [9.17, 15) is 9.59 Å². The van der Waals surface area contributed by atoms with E-state index in [0.717, 1.165) is 0 Å². The Morgan fingerprint density at radius 1 is 1.90 bits per heavy atom. The van der Waals surface area contributed by atoms with E-state index in [1.807, 2.05) is 0 Å². The molecule has 0 bridgehead atoms. The summed E-state index contributed by atoms with van der Waals surface area (Å²) in [6.07, 6.45) is 0.411. The smallest absolute Gasteiger partial charge is 0.325 e. The molecule has 5 nitrogen and oxygen atoms in total. The predicted molar refractivity (Wildman–Crippen MR) is 34.3 cm³/mol. The van der Waals surface area contributed by atoms with Gasteiger partial charge in [0.1, 0.15) is 5.54 Å². The lowest BCUT2D eigenvalue weighted by Crippen LogP contribution is -2.52. The number of rotatable bonds is 4. The minimum atomic E-state index is -1.37. The van der Waals surface area contributed by atoms with Crippen LogP contribution in [0.25, 0.3) is 0 Å². The third-order valence-corrected chi connectivity index (χ3v) is 1.04. The summed E-state index contributed by atoms with van der Waals surface area (Å²) >= 11 is 0. The third kappa shape index (κ3) is 2.45. The molecule has 1 atom stereocenters. The molecule has 0 aromatic carbocycles. The Bertz CT molecular complexity index is 144. The molecule has 0 heterocycles. The second-order valence-corrected chi connectivity index (χ2v) is 2.22. The minimum Gasteiger partial charge on any atom is -0.480 e. The quantitative estimate of drug-likeness (QED) is 0.422. The van der Waals surface area contributed by atoms with Crippen LogP contribution in [-0.4, -0.2) is 29.6 Å². The number of hydrogen-bond donors (Lipinski definition) is 3. The van der Waals surface area contributed by atoms with Gasteiger partial charge in [0.15, 0.2) is 0 Å². The summed E-state index contributed by atoms with van der Waals surface area (Å²) in [5, 5.41) is 10.6. The molecule has 5 heteroatoms.